The van der Waals surface area contributed by atoms with E-state index in [-0.39, 0.29) is 0 Å². The third-order valence-electron chi connectivity index (χ3n) is 5.57. The second-order valence-electron chi connectivity index (χ2n) is 7.34. The molecule has 0 aliphatic heterocycles. The molecule has 0 N–H and O–H groups in total. The molecule has 24 heavy (non-hydrogen) atoms. The number of aryl methyl sites for hydroxylation is 1. The van der Waals surface area contributed by atoms with E-state index in [0.717, 1.165) is 18.4 Å². The largest absolute Gasteiger partial charge is 0.385 e. The van der Waals surface area contributed by atoms with Gasteiger partial charge in [-0.3, -0.25) is 0 Å². The molecule has 3 rings (SSSR count). The third-order valence-corrected chi connectivity index (χ3v) is 5.57. The molecule has 0 atom stereocenters. The quantitative estimate of drug-likeness (QED) is 0.562. The summed E-state index contributed by atoms with van der Waals surface area (Å²) in [7, 11) is 1.80. The zero-order valence-electron chi connectivity index (χ0n) is 15.1. The van der Waals surface area contributed by atoms with Crippen molar-refractivity contribution < 1.29 is 4.74 Å². The highest BCUT2D eigenvalue weighted by Crippen LogP contribution is 2.38. The molecule has 0 heterocycles. The van der Waals surface area contributed by atoms with Crippen LogP contribution in [0.5, 0.6) is 0 Å². The first-order valence-electron chi connectivity index (χ1n) is 9.42. The van der Waals surface area contributed by atoms with E-state index in [2.05, 4.69) is 55.5 Å². The van der Waals surface area contributed by atoms with E-state index in [9.17, 15) is 0 Å². The molecule has 1 aliphatic carbocycles. The zero-order chi connectivity index (χ0) is 16.8. The van der Waals surface area contributed by atoms with E-state index in [0.29, 0.717) is 0 Å². The second-order valence-corrected chi connectivity index (χ2v) is 7.34. The molecule has 0 amide bonds. The Morgan fingerprint density at radius 1 is 0.833 bits per heavy atom. The zero-order valence-corrected chi connectivity index (χ0v) is 15.1. The van der Waals surface area contributed by atoms with Gasteiger partial charge in [0.1, 0.15) is 0 Å². The summed E-state index contributed by atoms with van der Waals surface area (Å²) in [6, 6.07) is 18.1. The van der Waals surface area contributed by atoms with Gasteiger partial charge >= 0.3 is 0 Å². The van der Waals surface area contributed by atoms with Crippen LogP contribution in [-0.4, -0.2) is 13.7 Å². The fourth-order valence-corrected chi connectivity index (χ4v) is 3.99. The Bertz CT molecular complexity index is 603. The summed E-state index contributed by atoms with van der Waals surface area (Å²) in [5.41, 5.74) is 5.49. The number of hydrogen-bond acceptors (Lipinski definition) is 1. The monoisotopic (exact) mass is 322 g/mol. The number of ether oxygens (including phenoxy) is 1. The highest BCUT2D eigenvalue weighted by molar-refractivity contribution is 5.64. The van der Waals surface area contributed by atoms with Gasteiger partial charge in [-0.15, -0.1) is 0 Å². The van der Waals surface area contributed by atoms with Crippen LogP contribution in [0.25, 0.3) is 11.1 Å². The molecule has 0 saturated heterocycles. The molecule has 1 heteroatoms. The van der Waals surface area contributed by atoms with Gasteiger partial charge in [-0.2, -0.15) is 0 Å². The standard InChI is InChI=1S/C23H30O/c1-18-5-9-20(10-6-18)22-13-15-23(16-14-22)21-11-7-19(8-12-21)4-3-17-24-2/h5-6,9-10,13-16,19,21H,3-4,7-8,11-12,17H2,1-2H3. The smallest absolute Gasteiger partial charge is 0.0462 e. The van der Waals surface area contributed by atoms with Crippen LogP contribution in [0.3, 0.4) is 0 Å². The summed E-state index contributed by atoms with van der Waals surface area (Å²) in [6.07, 6.45) is 8.02. The Morgan fingerprint density at radius 2 is 1.42 bits per heavy atom. The van der Waals surface area contributed by atoms with Crippen LogP contribution in [0.1, 0.15) is 55.6 Å². The molecule has 2 aromatic carbocycles. The summed E-state index contributed by atoms with van der Waals surface area (Å²) in [5, 5.41) is 0. The van der Waals surface area contributed by atoms with Gasteiger partial charge in [0.25, 0.3) is 0 Å². The molecule has 1 fully saturated rings. The van der Waals surface area contributed by atoms with E-state index in [4.69, 9.17) is 4.74 Å². The van der Waals surface area contributed by atoms with Crippen molar-refractivity contribution in [3.63, 3.8) is 0 Å². The molecule has 1 saturated carbocycles. The van der Waals surface area contributed by atoms with Crippen LogP contribution < -0.4 is 0 Å². The van der Waals surface area contributed by atoms with Gasteiger partial charge in [0.15, 0.2) is 0 Å². The van der Waals surface area contributed by atoms with Crippen molar-refractivity contribution in [3.8, 4) is 11.1 Å². The number of rotatable bonds is 6. The van der Waals surface area contributed by atoms with Crippen molar-refractivity contribution in [3.05, 3.63) is 59.7 Å². The summed E-state index contributed by atoms with van der Waals surface area (Å²) in [6.45, 7) is 3.05. The fourth-order valence-electron chi connectivity index (χ4n) is 3.99. The van der Waals surface area contributed by atoms with E-state index < -0.39 is 0 Å². The summed E-state index contributed by atoms with van der Waals surface area (Å²) < 4.78 is 5.18. The molecule has 0 aromatic heterocycles. The van der Waals surface area contributed by atoms with Crippen LogP contribution in [0, 0.1) is 12.8 Å². The lowest BCUT2D eigenvalue weighted by Gasteiger charge is -2.29. The number of methoxy groups -OCH3 is 1. The molecule has 1 nitrogen and oxygen atoms in total. The molecule has 0 radical (unpaired) electrons. The Hall–Kier alpha value is -1.60. The molecule has 0 spiro atoms. The maximum atomic E-state index is 5.18. The van der Waals surface area contributed by atoms with Gasteiger partial charge in [0.05, 0.1) is 0 Å². The van der Waals surface area contributed by atoms with Crippen LogP contribution in [0.4, 0.5) is 0 Å². The molecule has 2 aromatic rings. The lowest BCUT2D eigenvalue weighted by atomic mass is 9.77. The van der Waals surface area contributed by atoms with Crippen molar-refractivity contribution >= 4 is 0 Å². The molecule has 1 aliphatic rings. The lowest BCUT2D eigenvalue weighted by Crippen LogP contribution is -2.13. The van der Waals surface area contributed by atoms with E-state index in [1.807, 2.05) is 0 Å². The van der Waals surface area contributed by atoms with Crippen molar-refractivity contribution in [2.45, 2.75) is 51.4 Å². The Labute approximate surface area is 147 Å². The second kappa shape index (κ2) is 8.48. The lowest BCUT2D eigenvalue weighted by molar-refractivity contribution is 0.180. The third kappa shape index (κ3) is 4.48. The SMILES string of the molecule is COCCCC1CCC(c2ccc(-c3ccc(C)cc3)cc2)CC1. The van der Waals surface area contributed by atoms with Crippen molar-refractivity contribution in [2.75, 3.05) is 13.7 Å². The number of benzene rings is 2. The van der Waals surface area contributed by atoms with Crippen LogP contribution in [0.15, 0.2) is 48.5 Å². The van der Waals surface area contributed by atoms with Crippen LogP contribution in [-0.2, 0) is 4.74 Å². The minimum Gasteiger partial charge on any atom is -0.385 e. The first kappa shape index (κ1) is 17.2. The predicted octanol–water partition coefficient (Wildman–Crippen LogP) is 6.36. The van der Waals surface area contributed by atoms with E-state index in [1.54, 1.807) is 7.11 Å². The molecule has 128 valence electrons. The van der Waals surface area contributed by atoms with E-state index in [1.165, 1.54) is 60.8 Å². The Kier molecular flexibility index (Phi) is 6.09. The minimum atomic E-state index is 0.760. The van der Waals surface area contributed by atoms with Crippen molar-refractivity contribution in [2.24, 2.45) is 5.92 Å². The maximum Gasteiger partial charge on any atom is 0.0462 e. The summed E-state index contributed by atoms with van der Waals surface area (Å²) in [5.74, 6) is 1.68. The highest BCUT2D eigenvalue weighted by atomic mass is 16.5. The maximum absolute atomic E-state index is 5.18. The first-order valence-corrected chi connectivity index (χ1v) is 9.42. The molecule has 0 unspecified atom stereocenters. The van der Waals surface area contributed by atoms with Gasteiger partial charge in [0, 0.05) is 13.7 Å². The molecular formula is C23H30O. The fraction of sp³-hybridized carbons (Fsp3) is 0.478. The average molecular weight is 322 g/mol. The van der Waals surface area contributed by atoms with Crippen LogP contribution in [0.2, 0.25) is 0 Å². The first-order chi connectivity index (χ1) is 11.8. The highest BCUT2D eigenvalue weighted by Gasteiger charge is 2.22. The molecular weight excluding hydrogens is 292 g/mol. The normalized spacial score (nSPS) is 20.9. The molecule has 0 bridgehead atoms. The van der Waals surface area contributed by atoms with Gasteiger partial charge in [-0.05, 0) is 74.0 Å². The van der Waals surface area contributed by atoms with E-state index >= 15 is 0 Å². The van der Waals surface area contributed by atoms with Gasteiger partial charge in [-0.25, -0.2) is 0 Å². The minimum absolute atomic E-state index is 0.760. The Morgan fingerprint density at radius 3 is 2.00 bits per heavy atom. The summed E-state index contributed by atoms with van der Waals surface area (Å²) in [4.78, 5) is 0. The van der Waals surface area contributed by atoms with Gasteiger partial charge < -0.3 is 4.74 Å². The predicted molar refractivity (Wildman–Crippen MR) is 102 cm³/mol. The van der Waals surface area contributed by atoms with Gasteiger partial charge in [-0.1, -0.05) is 54.1 Å². The topological polar surface area (TPSA) is 9.23 Å². The average Bonchev–Trinajstić information content (AvgIpc) is 2.63. The van der Waals surface area contributed by atoms with Crippen molar-refractivity contribution in [1.82, 2.24) is 0 Å². The number of hydrogen-bond donors (Lipinski definition) is 0. The Balaban J connectivity index is 1.56. The van der Waals surface area contributed by atoms with Gasteiger partial charge in [0.2, 0.25) is 0 Å². The summed E-state index contributed by atoms with van der Waals surface area (Å²) >= 11 is 0. The van der Waals surface area contributed by atoms with Crippen LogP contribution >= 0.6 is 0 Å². The van der Waals surface area contributed by atoms with Crippen molar-refractivity contribution in [1.29, 1.82) is 0 Å².